The average Bonchev–Trinajstić information content (AvgIpc) is 3.27. The predicted molar refractivity (Wildman–Crippen MR) is 77.6 cm³/mol. The fraction of sp³-hybridized carbons (Fsp3) is 0.562. The van der Waals surface area contributed by atoms with Crippen molar-refractivity contribution in [1.29, 1.82) is 0 Å². The standard InChI is InChI=1S/C16H24N2O/c1-12(14-8-9-14)11-18-16(19)15(17)10-7-13-5-3-2-4-6-13/h2-6,12,14-15H,7-11,17H2,1H3,(H,18,19). The number of carbonyl (C=O) groups excluding carboxylic acids is 1. The van der Waals surface area contributed by atoms with E-state index < -0.39 is 6.04 Å². The van der Waals surface area contributed by atoms with E-state index in [-0.39, 0.29) is 5.91 Å². The largest absolute Gasteiger partial charge is 0.354 e. The minimum Gasteiger partial charge on any atom is -0.354 e. The maximum absolute atomic E-state index is 11.9. The molecule has 2 rings (SSSR count). The molecule has 19 heavy (non-hydrogen) atoms. The highest BCUT2D eigenvalue weighted by Crippen LogP contribution is 2.36. The molecule has 2 atom stereocenters. The molecule has 0 radical (unpaired) electrons. The molecular formula is C16H24N2O. The number of aryl methyl sites for hydroxylation is 1. The zero-order valence-corrected chi connectivity index (χ0v) is 11.6. The van der Waals surface area contributed by atoms with Crippen LogP contribution in [0, 0.1) is 11.8 Å². The highest BCUT2D eigenvalue weighted by molar-refractivity contribution is 5.81. The number of benzene rings is 1. The summed E-state index contributed by atoms with van der Waals surface area (Å²) in [7, 11) is 0. The van der Waals surface area contributed by atoms with E-state index in [0.29, 0.717) is 12.3 Å². The Kier molecular flexibility index (Phi) is 4.97. The number of nitrogens with one attached hydrogen (secondary N) is 1. The van der Waals surface area contributed by atoms with Crippen LogP contribution >= 0.6 is 0 Å². The lowest BCUT2D eigenvalue weighted by molar-refractivity contribution is -0.122. The molecule has 0 bridgehead atoms. The van der Waals surface area contributed by atoms with Crippen LogP contribution < -0.4 is 11.1 Å². The zero-order chi connectivity index (χ0) is 13.7. The van der Waals surface area contributed by atoms with Crippen LogP contribution in [-0.2, 0) is 11.2 Å². The first kappa shape index (κ1) is 14.1. The number of carbonyl (C=O) groups is 1. The van der Waals surface area contributed by atoms with Gasteiger partial charge < -0.3 is 11.1 Å². The van der Waals surface area contributed by atoms with Crippen molar-refractivity contribution < 1.29 is 4.79 Å². The first-order valence-electron chi connectivity index (χ1n) is 7.24. The molecule has 3 N–H and O–H groups in total. The Balaban J connectivity index is 1.67. The Hall–Kier alpha value is -1.35. The number of amides is 1. The molecule has 1 amide bonds. The summed E-state index contributed by atoms with van der Waals surface area (Å²) in [5.41, 5.74) is 7.16. The van der Waals surface area contributed by atoms with Crippen molar-refractivity contribution in [3.8, 4) is 0 Å². The van der Waals surface area contributed by atoms with Gasteiger partial charge in [-0.25, -0.2) is 0 Å². The summed E-state index contributed by atoms with van der Waals surface area (Å²) in [5, 5.41) is 2.98. The SMILES string of the molecule is CC(CNC(=O)C(N)CCc1ccccc1)C1CC1. The lowest BCUT2D eigenvalue weighted by Gasteiger charge is -2.15. The topological polar surface area (TPSA) is 55.1 Å². The van der Waals surface area contributed by atoms with Crippen molar-refractivity contribution in [1.82, 2.24) is 5.32 Å². The number of hydrogen-bond acceptors (Lipinski definition) is 2. The van der Waals surface area contributed by atoms with Gasteiger partial charge in [0.15, 0.2) is 0 Å². The fourth-order valence-corrected chi connectivity index (χ4v) is 2.32. The van der Waals surface area contributed by atoms with Crippen molar-refractivity contribution in [2.75, 3.05) is 6.54 Å². The van der Waals surface area contributed by atoms with Gasteiger partial charge in [-0.2, -0.15) is 0 Å². The molecule has 1 aromatic carbocycles. The summed E-state index contributed by atoms with van der Waals surface area (Å²) >= 11 is 0. The van der Waals surface area contributed by atoms with Gasteiger partial charge in [-0.1, -0.05) is 37.3 Å². The second kappa shape index (κ2) is 6.71. The molecule has 1 aliphatic rings. The fourth-order valence-electron chi connectivity index (χ4n) is 2.32. The molecule has 0 aromatic heterocycles. The second-order valence-electron chi connectivity index (χ2n) is 5.69. The van der Waals surface area contributed by atoms with E-state index in [0.717, 1.165) is 18.9 Å². The summed E-state index contributed by atoms with van der Waals surface area (Å²) in [6.07, 6.45) is 4.19. The predicted octanol–water partition coefficient (Wildman–Crippen LogP) is 2.11. The van der Waals surface area contributed by atoms with Crippen LogP contribution in [0.2, 0.25) is 0 Å². The van der Waals surface area contributed by atoms with Gasteiger partial charge >= 0.3 is 0 Å². The molecule has 3 nitrogen and oxygen atoms in total. The Morgan fingerprint density at radius 1 is 1.37 bits per heavy atom. The van der Waals surface area contributed by atoms with E-state index >= 15 is 0 Å². The smallest absolute Gasteiger partial charge is 0.236 e. The van der Waals surface area contributed by atoms with E-state index in [4.69, 9.17) is 5.73 Å². The van der Waals surface area contributed by atoms with Crippen LogP contribution in [0.15, 0.2) is 30.3 Å². The highest BCUT2D eigenvalue weighted by Gasteiger charge is 2.28. The van der Waals surface area contributed by atoms with Gasteiger partial charge in [0.1, 0.15) is 0 Å². The molecule has 0 spiro atoms. The lowest BCUT2D eigenvalue weighted by Crippen LogP contribution is -2.42. The van der Waals surface area contributed by atoms with E-state index in [1.165, 1.54) is 18.4 Å². The van der Waals surface area contributed by atoms with Gasteiger partial charge in [-0.3, -0.25) is 4.79 Å². The minimum atomic E-state index is -0.397. The minimum absolute atomic E-state index is 0.0107. The summed E-state index contributed by atoms with van der Waals surface area (Å²) in [5.74, 6) is 1.40. The Morgan fingerprint density at radius 3 is 2.68 bits per heavy atom. The van der Waals surface area contributed by atoms with Crippen LogP contribution in [0.3, 0.4) is 0 Å². The van der Waals surface area contributed by atoms with E-state index in [2.05, 4.69) is 24.4 Å². The lowest BCUT2D eigenvalue weighted by atomic mass is 10.0. The molecule has 0 saturated heterocycles. The Bertz CT molecular complexity index is 400. The third-order valence-electron chi connectivity index (χ3n) is 3.95. The summed E-state index contributed by atoms with van der Waals surface area (Å²) < 4.78 is 0. The second-order valence-corrected chi connectivity index (χ2v) is 5.69. The van der Waals surface area contributed by atoms with Gasteiger partial charge in [0.2, 0.25) is 5.91 Å². The Morgan fingerprint density at radius 2 is 2.05 bits per heavy atom. The van der Waals surface area contributed by atoms with E-state index in [9.17, 15) is 4.79 Å². The molecule has 1 saturated carbocycles. The Labute approximate surface area is 115 Å². The third kappa shape index (κ3) is 4.67. The van der Waals surface area contributed by atoms with Crippen LogP contribution in [0.4, 0.5) is 0 Å². The van der Waals surface area contributed by atoms with Crippen LogP contribution in [-0.4, -0.2) is 18.5 Å². The third-order valence-corrected chi connectivity index (χ3v) is 3.95. The molecule has 0 heterocycles. The molecule has 2 unspecified atom stereocenters. The molecule has 1 aromatic rings. The van der Waals surface area contributed by atoms with Crippen molar-refractivity contribution in [2.24, 2.45) is 17.6 Å². The quantitative estimate of drug-likeness (QED) is 0.789. The summed E-state index contributed by atoms with van der Waals surface area (Å²) in [6, 6.07) is 9.76. The van der Waals surface area contributed by atoms with Gasteiger partial charge in [0.25, 0.3) is 0 Å². The summed E-state index contributed by atoms with van der Waals surface area (Å²) in [6.45, 7) is 2.97. The van der Waals surface area contributed by atoms with Crippen LogP contribution in [0.1, 0.15) is 31.7 Å². The molecule has 3 heteroatoms. The average molecular weight is 260 g/mol. The van der Waals surface area contributed by atoms with Gasteiger partial charge in [-0.05, 0) is 43.1 Å². The zero-order valence-electron chi connectivity index (χ0n) is 11.6. The molecule has 0 aliphatic heterocycles. The molecule has 1 aliphatic carbocycles. The van der Waals surface area contributed by atoms with Gasteiger partial charge in [0, 0.05) is 6.54 Å². The van der Waals surface area contributed by atoms with Gasteiger partial charge in [0.05, 0.1) is 6.04 Å². The van der Waals surface area contributed by atoms with E-state index in [1.54, 1.807) is 0 Å². The number of nitrogens with two attached hydrogens (primary N) is 1. The van der Waals surface area contributed by atoms with Gasteiger partial charge in [-0.15, -0.1) is 0 Å². The maximum atomic E-state index is 11.9. The first-order chi connectivity index (χ1) is 9.16. The van der Waals surface area contributed by atoms with Crippen molar-refractivity contribution >= 4 is 5.91 Å². The van der Waals surface area contributed by atoms with Crippen molar-refractivity contribution in [2.45, 2.75) is 38.6 Å². The molecule has 1 fully saturated rings. The maximum Gasteiger partial charge on any atom is 0.236 e. The van der Waals surface area contributed by atoms with Crippen molar-refractivity contribution in [3.05, 3.63) is 35.9 Å². The first-order valence-corrected chi connectivity index (χ1v) is 7.24. The van der Waals surface area contributed by atoms with Crippen molar-refractivity contribution in [3.63, 3.8) is 0 Å². The van der Waals surface area contributed by atoms with E-state index in [1.807, 2.05) is 18.2 Å². The molecular weight excluding hydrogens is 236 g/mol. The molecule has 104 valence electrons. The van der Waals surface area contributed by atoms with Crippen LogP contribution in [0.25, 0.3) is 0 Å². The summed E-state index contributed by atoms with van der Waals surface area (Å²) in [4.78, 5) is 11.9. The van der Waals surface area contributed by atoms with Crippen LogP contribution in [0.5, 0.6) is 0 Å². The number of rotatable bonds is 7. The number of hydrogen-bond donors (Lipinski definition) is 2. The normalized spacial score (nSPS) is 17.8. The monoisotopic (exact) mass is 260 g/mol. The highest BCUT2D eigenvalue weighted by atomic mass is 16.2.